The predicted molar refractivity (Wildman–Crippen MR) is 87.4 cm³/mol. The summed E-state index contributed by atoms with van der Waals surface area (Å²) in [7, 11) is 1.61. The van der Waals surface area contributed by atoms with E-state index in [1.807, 2.05) is 32.0 Å². The monoisotopic (exact) mass is 313 g/mol. The molecule has 0 saturated heterocycles. The second kappa shape index (κ2) is 6.20. The van der Waals surface area contributed by atoms with Crippen LogP contribution in [0.3, 0.4) is 0 Å². The van der Waals surface area contributed by atoms with Crippen molar-refractivity contribution in [1.82, 2.24) is 0 Å². The van der Waals surface area contributed by atoms with Crippen molar-refractivity contribution in [2.24, 2.45) is 0 Å². The second-order valence-corrected chi connectivity index (χ2v) is 5.57. The largest absolute Gasteiger partial charge is 0.493 e. The number of hydrogen-bond acceptors (Lipinski definition) is 5. The average Bonchev–Trinajstić information content (AvgIpc) is 2.72. The van der Waals surface area contributed by atoms with Crippen molar-refractivity contribution in [3.05, 3.63) is 47.5 Å². The highest BCUT2D eigenvalue weighted by molar-refractivity contribution is 5.91. The van der Waals surface area contributed by atoms with Crippen molar-refractivity contribution in [2.45, 2.75) is 26.5 Å². The summed E-state index contributed by atoms with van der Waals surface area (Å²) in [5, 5.41) is 3.29. The molecule has 0 amide bonds. The molecule has 23 heavy (non-hydrogen) atoms. The third-order valence-electron chi connectivity index (χ3n) is 3.52. The zero-order chi connectivity index (χ0) is 16.4. The Hall–Kier alpha value is -2.69. The van der Waals surface area contributed by atoms with Crippen molar-refractivity contribution >= 4 is 11.7 Å². The van der Waals surface area contributed by atoms with E-state index >= 15 is 0 Å². The first-order chi connectivity index (χ1) is 11.1. The number of ether oxygens (including phenoxy) is 3. The summed E-state index contributed by atoms with van der Waals surface area (Å²) < 4.78 is 16.6. The van der Waals surface area contributed by atoms with E-state index in [1.165, 1.54) is 0 Å². The van der Waals surface area contributed by atoms with Gasteiger partial charge in [-0.1, -0.05) is 12.1 Å². The lowest BCUT2D eigenvalue weighted by Gasteiger charge is -2.13. The van der Waals surface area contributed by atoms with Gasteiger partial charge in [-0.15, -0.1) is 0 Å². The van der Waals surface area contributed by atoms with Gasteiger partial charge in [0.15, 0.2) is 17.2 Å². The maximum absolute atomic E-state index is 12.0. The van der Waals surface area contributed by atoms with Crippen LogP contribution >= 0.6 is 0 Å². The summed E-state index contributed by atoms with van der Waals surface area (Å²) in [5.74, 6) is 1.68. The summed E-state index contributed by atoms with van der Waals surface area (Å²) in [5.41, 5.74) is 2.24. The minimum atomic E-state index is -0.344. The lowest BCUT2D eigenvalue weighted by Crippen LogP contribution is -2.11. The summed E-state index contributed by atoms with van der Waals surface area (Å²) in [4.78, 5) is 12.0. The standard InChI is InChI=1S/C18H19NO4/c1-11(2)22-18(20)12-7-8-15-14(9-12)19-10-13-5-4-6-16(21-3)17(13)23-15/h4-9,11,19H,10H2,1-3H3. The molecule has 0 aliphatic carbocycles. The lowest BCUT2D eigenvalue weighted by molar-refractivity contribution is 0.0378. The molecule has 1 heterocycles. The number of nitrogens with one attached hydrogen (secondary N) is 1. The van der Waals surface area contributed by atoms with Gasteiger partial charge in [-0.05, 0) is 38.1 Å². The third kappa shape index (κ3) is 3.08. The fraction of sp³-hybridized carbons (Fsp3) is 0.278. The first-order valence-corrected chi connectivity index (χ1v) is 7.51. The Bertz CT molecular complexity index is 740. The van der Waals surface area contributed by atoms with Gasteiger partial charge in [0.2, 0.25) is 0 Å². The smallest absolute Gasteiger partial charge is 0.338 e. The highest BCUT2D eigenvalue weighted by Crippen LogP contribution is 2.41. The van der Waals surface area contributed by atoms with E-state index in [9.17, 15) is 4.79 Å². The number of carbonyl (C=O) groups excluding carboxylic acids is 1. The second-order valence-electron chi connectivity index (χ2n) is 5.57. The molecule has 0 bridgehead atoms. The van der Waals surface area contributed by atoms with Gasteiger partial charge in [0.05, 0.1) is 24.5 Å². The summed E-state index contributed by atoms with van der Waals surface area (Å²) in [6.07, 6.45) is -0.154. The quantitative estimate of drug-likeness (QED) is 0.869. The summed E-state index contributed by atoms with van der Waals surface area (Å²) >= 11 is 0. The van der Waals surface area contributed by atoms with Crippen LogP contribution in [0.25, 0.3) is 0 Å². The Morgan fingerprint density at radius 1 is 1.26 bits per heavy atom. The van der Waals surface area contributed by atoms with Gasteiger partial charge < -0.3 is 19.5 Å². The van der Waals surface area contributed by atoms with Crippen molar-refractivity contribution in [3.63, 3.8) is 0 Å². The van der Waals surface area contributed by atoms with Crippen LogP contribution in [0, 0.1) is 0 Å². The number of fused-ring (bicyclic) bond motifs is 2. The summed E-state index contributed by atoms with van der Waals surface area (Å²) in [6.45, 7) is 4.24. The molecule has 0 fully saturated rings. The van der Waals surface area contributed by atoms with Crippen LogP contribution < -0.4 is 14.8 Å². The Morgan fingerprint density at radius 2 is 2.09 bits per heavy atom. The van der Waals surface area contributed by atoms with E-state index in [0.29, 0.717) is 29.4 Å². The molecular weight excluding hydrogens is 294 g/mol. The molecular formula is C18H19NO4. The maximum Gasteiger partial charge on any atom is 0.338 e. The van der Waals surface area contributed by atoms with Crippen molar-refractivity contribution < 1.29 is 19.0 Å². The molecule has 5 nitrogen and oxygen atoms in total. The average molecular weight is 313 g/mol. The zero-order valence-electron chi connectivity index (χ0n) is 13.4. The van der Waals surface area contributed by atoms with Gasteiger partial charge in [-0.2, -0.15) is 0 Å². The number of benzene rings is 2. The molecule has 0 spiro atoms. The van der Waals surface area contributed by atoms with Crippen LogP contribution in [0.5, 0.6) is 17.2 Å². The van der Waals surface area contributed by atoms with E-state index in [1.54, 1.807) is 25.3 Å². The van der Waals surface area contributed by atoms with Crippen molar-refractivity contribution in [1.29, 1.82) is 0 Å². The molecule has 0 radical (unpaired) electrons. The van der Waals surface area contributed by atoms with E-state index < -0.39 is 0 Å². The number of rotatable bonds is 3. The number of esters is 1. The Balaban J connectivity index is 1.93. The molecule has 2 aromatic carbocycles. The van der Waals surface area contributed by atoms with Gasteiger partial charge in [-0.25, -0.2) is 4.79 Å². The van der Waals surface area contributed by atoms with Gasteiger partial charge >= 0.3 is 5.97 Å². The molecule has 5 heteroatoms. The first-order valence-electron chi connectivity index (χ1n) is 7.51. The SMILES string of the molecule is COc1cccc2c1Oc1ccc(C(=O)OC(C)C)cc1NC2. The third-order valence-corrected chi connectivity index (χ3v) is 3.52. The van der Waals surface area contributed by atoms with E-state index in [-0.39, 0.29) is 12.1 Å². The van der Waals surface area contributed by atoms with Gasteiger partial charge in [0, 0.05) is 12.1 Å². The minimum Gasteiger partial charge on any atom is -0.493 e. The van der Waals surface area contributed by atoms with Gasteiger partial charge in [-0.3, -0.25) is 0 Å². The fourth-order valence-electron chi connectivity index (χ4n) is 2.44. The van der Waals surface area contributed by atoms with Crippen LogP contribution in [0.1, 0.15) is 29.8 Å². The first kappa shape index (κ1) is 15.2. The van der Waals surface area contributed by atoms with E-state index in [2.05, 4.69) is 5.32 Å². The zero-order valence-corrected chi connectivity index (χ0v) is 13.4. The van der Waals surface area contributed by atoms with Crippen molar-refractivity contribution in [3.8, 4) is 17.2 Å². The van der Waals surface area contributed by atoms with Crippen LogP contribution in [0.15, 0.2) is 36.4 Å². The molecule has 3 rings (SSSR count). The van der Waals surface area contributed by atoms with E-state index in [0.717, 1.165) is 11.3 Å². The van der Waals surface area contributed by atoms with Crippen LogP contribution in [0.4, 0.5) is 5.69 Å². The predicted octanol–water partition coefficient (Wildman–Crippen LogP) is 3.98. The molecule has 0 aromatic heterocycles. The number of hydrogen-bond donors (Lipinski definition) is 1. The molecule has 1 aliphatic heterocycles. The fourth-order valence-corrected chi connectivity index (χ4v) is 2.44. The Kier molecular flexibility index (Phi) is 4.10. The molecule has 120 valence electrons. The molecule has 1 aliphatic rings. The van der Waals surface area contributed by atoms with Crippen LogP contribution in [0.2, 0.25) is 0 Å². The molecule has 2 aromatic rings. The molecule has 1 N–H and O–H groups in total. The lowest BCUT2D eigenvalue weighted by atomic mass is 10.1. The number of carbonyl (C=O) groups is 1. The highest BCUT2D eigenvalue weighted by Gasteiger charge is 2.20. The number of para-hydroxylation sites is 1. The van der Waals surface area contributed by atoms with E-state index in [4.69, 9.17) is 14.2 Å². The van der Waals surface area contributed by atoms with Gasteiger partial charge in [0.25, 0.3) is 0 Å². The Morgan fingerprint density at radius 3 is 2.83 bits per heavy atom. The topological polar surface area (TPSA) is 56.8 Å². The minimum absolute atomic E-state index is 0.154. The molecule has 0 unspecified atom stereocenters. The summed E-state index contributed by atoms with van der Waals surface area (Å²) in [6, 6.07) is 11.0. The van der Waals surface area contributed by atoms with Crippen molar-refractivity contribution in [2.75, 3.05) is 12.4 Å². The maximum atomic E-state index is 12.0. The Labute approximate surface area is 135 Å². The van der Waals surface area contributed by atoms with Crippen LogP contribution in [-0.4, -0.2) is 19.2 Å². The highest BCUT2D eigenvalue weighted by atomic mass is 16.5. The number of methoxy groups -OCH3 is 1. The molecule has 0 saturated carbocycles. The van der Waals surface area contributed by atoms with Gasteiger partial charge in [0.1, 0.15) is 0 Å². The number of anilines is 1. The molecule has 0 atom stereocenters. The van der Waals surface area contributed by atoms with Crippen LogP contribution in [-0.2, 0) is 11.3 Å². The normalized spacial score (nSPS) is 12.3.